The molecule has 1 fully saturated rings. The van der Waals surface area contributed by atoms with Crippen LogP contribution in [0.25, 0.3) is 0 Å². The Hall–Kier alpha value is -0.810. The number of nitrogen functional groups attached to an aromatic ring is 1. The number of anilines is 2. The third kappa shape index (κ3) is 3.10. The minimum Gasteiger partial charge on any atom is -0.397 e. The molecule has 0 atom stereocenters. The molecule has 1 aliphatic heterocycles. The van der Waals surface area contributed by atoms with Crippen molar-refractivity contribution in [2.45, 2.75) is 12.8 Å². The van der Waals surface area contributed by atoms with Gasteiger partial charge < -0.3 is 15.4 Å². The van der Waals surface area contributed by atoms with Crippen LogP contribution in [-0.2, 0) is 4.74 Å². The lowest BCUT2D eigenvalue weighted by Gasteiger charge is -2.33. The number of rotatable bonds is 3. The number of nitrogens with zero attached hydrogens (tertiary/aromatic N) is 2. The predicted molar refractivity (Wildman–Crippen MR) is 73.2 cm³/mol. The second-order valence-electron chi connectivity index (χ2n) is 4.46. The molecule has 2 N–H and O–H groups in total. The molecule has 1 aliphatic rings. The molecule has 2 rings (SSSR count). The van der Waals surface area contributed by atoms with E-state index in [1.807, 2.05) is 6.07 Å². The van der Waals surface area contributed by atoms with E-state index in [2.05, 4.69) is 25.8 Å². The van der Waals surface area contributed by atoms with Crippen LogP contribution in [0.4, 0.5) is 11.5 Å². The molecule has 0 bridgehead atoms. The number of aromatic nitrogens is 1. The van der Waals surface area contributed by atoms with E-state index < -0.39 is 0 Å². The van der Waals surface area contributed by atoms with Gasteiger partial charge in [-0.3, -0.25) is 0 Å². The lowest BCUT2D eigenvalue weighted by atomic mass is 9.98. The molecular weight excluding hydrogens is 282 g/mol. The van der Waals surface area contributed by atoms with Crippen LogP contribution in [-0.4, -0.2) is 31.8 Å². The van der Waals surface area contributed by atoms with Crippen molar-refractivity contribution in [1.29, 1.82) is 0 Å². The van der Waals surface area contributed by atoms with Gasteiger partial charge in [0.05, 0.1) is 16.4 Å². The monoisotopic (exact) mass is 299 g/mol. The van der Waals surface area contributed by atoms with Crippen molar-refractivity contribution in [2.75, 3.05) is 37.4 Å². The van der Waals surface area contributed by atoms with Crippen LogP contribution in [0.5, 0.6) is 0 Å². The molecule has 17 heavy (non-hydrogen) atoms. The van der Waals surface area contributed by atoms with Crippen molar-refractivity contribution in [3.05, 3.63) is 16.7 Å². The molecule has 94 valence electrons. The third-order valence-electron chi connectivity index (χ3n) is 3.16. The summed E-state index contributed by atoms with van der Waals surface area (Å²) in [7, 11) is 1.77. The van der Waals surface area contributed by atoms with Crippen LogP contribution in [0.1, 0.15) is 12.8 Å². The second-order valence-corrected chi connectivity index (χ2v) is 5.31. The molecule has 5 heteroatoms. The number of hydrogen-bond acceptors (Lipinski definition) is 4. The maximum Gasteiger partial charge on any atom is 0.143 e. The molecule has 0 aliphatic carbocycles. The lowest BCUT2D eigenvalue weighted by molar-refractivity contribution is 0.139. The minimum atomic E-state index is 0.684. The first-order valence-corrected chi connectivity index (χ1v) is 6.65. The van der Waals surface area contributed by atoms with Crippen molar-refractivity contribution in [2.24, 2.45) is 5.92 Å². The quantitative estimate of drug-likeness (QED) is 0.930. The lowest BCUT2D eigenvalue weighted by Crippen LogP contribution is -2.35. The number of halogens is 1. The van der Waals surface area contributed by atoms with Gasteiger partial charge in [-0.2, -0.15) is 0 Å². The summed E-state index contributed by atoms with van der Waals surface area (Å²) in [5.74, 6) is 1.68. The molecule has 1 saturated heterocycles. The fourth-order valence-electron chi connectivity index (χ4n) is 2.23. The van der Waals surface area contributed by atoms with Gasteiger partial charge in [-0.1, -0.05) is 0 Å². The van der Waals surface area contributed by atoms with E-state index in [9.17, 15) is 0 Å². The zero-order valence-corrected chi connectivity index (χ0v) is 11.6. The van der Waals surface area contributed by atoms with E-state index in [1.54, 1.807) is 13.3 Å². The molecule has 0 radical (unpaired) electrons. The van der Waals surface area contributed by atoms with Crippen molar-refractivity contribution in [1.82, 2.24) is 4.98 Å². The summed E-state index contributed by atoms with van der Waals surface area (Å²) in [6, 6.07) is 1.91. The maximum atomic E-state index is 5.69. The van der Waals surface area contributed by atoms with Crippen LogP contribution < -0.4 is 10.6 Å². The van der Waals surface area contributed by atoms with Gasteiger partial charge in [0.1, 0.15) is 5.82 Å². The van der Waals surface area contributed by atoms with Gasteiger partial charge in [-0.25, -0.2) is 4.98 Å². The van der Waals surface area contributed by atoms with E-state index in [0.717, 1.165) is 42.8 Å². The average Bonchev–Trinajstić information content (AvgIpc) is 2.31. The molecule has 1 aromatic rings. The number of pyridine rings is 1. The molecule has 0 spiro atoms. The van der Waals surface area contributed by atoms with Crippen LogP contribution in [0, 0.1) is 5.92 Å². The number of methoxy groups -OCH3 is 1. The summed E-state index contributed by atoms with van der Waals surface area (Å²) in [6.07, 6.45) is 4.03. The highest BCUT2D eigenvalue weighted by atomic mass is 79.9. The zero-order valence-electron chi connectivity index (χ0n) is 10.0. The Morgan fingerprint density at radius 2 is 2.24 bits per heavy atom. The first kappa shape index (κ1) is 12.6. The van der Waals surface area contributed by atoms with Crippen LogP contribution in [0.15, 0.2) is 16.7 Å². The van der Waals surface area contributed by atoms with Crippen LogP contribution in [0.3, 0.4) is 0 Å². The molecule has 0 aromatic carbocycles. The summed E-state index contributed by atoms with van der Waals surface area (Å²) in [4.78, 5) is 6.70. The highest BCUT2D eigenvalue weighted by Gasteiger charge is 2.21. The molecule has 4 nitrogen and oxygen atoms in total. The van der Waals surface area contributed by atoms with Gasteiger partial charge in [0, 0.05) is 26.8 Å². The van der Waals surface area contributed by atoms with E-state index in [4.69, 9.17) is 10.5 Å². The zero-order chi connectivity index (χ0) is 12.3. The second kappa shape index (κ2) is 5.69. The normalized spacial score (nSPS) is 17.4. The topological polar surface area (TPSA) is 51.4 Å². The summed E-state index contributed by atoms with van der Waals surface area (Å²) >= 11 is 3.52. The van der Waals surface area contributed by atoms with Gasteiger partial charge in [0.25, 0.3) is 0 Å². The molecular formula is C12H18BrN3O. The highest BCUT2D eigenvalue weighted by molar-refractivity contribution is 9.10. The summed E-state index contributed by atoms with van der Waals surface area (Å²) in [5.41, 5.74) is 6.38. The summed E-state index contributed by atoms with van der Waals surface area (Å²) in [6.45, 7) is 2.93. The largest absolute Gasteiger partial charge is 0.397 e. The fourth-order valence-corrected chi connectivity index (χ4v) is 2.84. The van der Waals surface area contributed by atoms with Gasteiger partial charge in [-0.05, 0) is 40.8 Å². The van der Waals surface area contributed by atoms with Crippen LogP contribution >= 0.6 is 15.9 Å². The average molecular weight is 300 g/mol. The third-order valence-corrected chi connectivity index (χ3v) is 3.74. The number of hydrogen-bond donors (Lipinski definition) is 1. The van der Waals surface area contributed by atoms with Gasteiger partial charge >= 0.3 is 0 Å². The smallest absolute Gasteiger partial charge is 0.143 e. The number of nitrogens with two attached hydrogens (primary N) is 1. The number of ether oxygens (including phenoxy) is 1. The molecule has 0 unspecified atom stereocenters. The van der Waals surface area contributed by atoms with Crippen molar-refractivity contribution in [3.8, 4) is 0 Å². The maximum absolute atomic E-state index is 5.69. The molecule has 0 saturated carbocycles. The Morgan fingerprint density at radius 1 is 1.53 bits per heavy atom. The van der Waals surface area contributed by atoms with E-state index in [1.165, 1.54) is 0 Å². The van der Waals surface area contributed by atoms with Crippen LogP contribution in [0.2, 0.25) is 0 Å². The van der Waals surface area contributed by atoms with Gasteiger partial charge in [0.2, 0.25) is 0 Å². The van der Waals surface area contributed by atoms with Gasteiger partial charge in [-0.15, -0.1) is 0 Å². The molecule has 2 heterocycles. The Labute approximate surface area is 110 Å². The Bertz CT molecular complexity index is 378. The highest BCUT2D eigenvalue weighted by Crippen LogP contribution is 2.29. The van der Waals surface area contributed by atoms with Gasteiger partial charge in [0.15, 0.2) is 0 Å². The minimum absolute atomic E-state index is 0.684. The Balaban J connectivity index is 2.00. The summed E-state index contributed by atoms with van der Waals surface area (Å²) in [5, 5.41) is 0. The SMILES string of the molecule is COCC1CCN(c2ncc(N)cc2Br)CC1. The first-order valence-electron chi connectivity index (χ1n) is 5.85. The van der Waals surface area contributed by atoms with E-state index in [-0.39, 0.29) is 0 Å². The van der Waals surface area contributed by atoms with Crippen molar-refractivity contribution >= 4 is 27.4 Å². The standard InChI is InChI=1S/C12H18BrN3O/c1-17-8-9-2-4-16(5-3-9)12-11(13)6-10(14)7-15-12/h6-7,9H,2-5,8,14H2,1H3. The fraction of sp³-hybridized carbons (Fsp3) is 0.583. The Kier molecular flexibility index (Phi) is 4.23. The number of piperidine rings is 1. The first-order chi connectivity index (χ1) is 8.20. The van der Waals surface area contributed by atoms with E-state index >= 15 is 0 Å². The Morgan fingerprint density at radius 3 is 2.82 bits per heavy atom. The van der Waals surface area contributed by atoms with Crippen molar-refractivity contribution < 1.29 is 4.74 Å². The van der Waals surface area contributed by atoms with E-state index in [0.29, 0.717) is 11.6 Å². The van der Waals surface area contributed by atoms with Crippen molar-refractivity contribution in [3.63, 3.8) is 0 Å². The molecule has 1 aromatic heterocycles. The predicted octanol–water partition coefficient (Wildman–Crippen LogP) is 2.29. The molecule has 0 amide bonds. The summed E-state index contributed by atoms with van der Waals surface area (Å²) < 4.78 is 6.18.